The van der Waals surface area contributed by atoms with Crippen LogP contribution in [-0.4, -0.2) is 43.6 Å². The van der Waals surface area contributed by atoms with Gasteiger partial charge in [-0.25, -0.2) is 0 Å². The number of ether oxygens (including phenoxy) is 1. The minimum absolute atomic E-state index is 0.0129. The van der Waals surface area contributed by atoms with Crippen LogP contribution in [0.15, 0.2) is 18.2 Å². The molecule has 0 saturated carbocycles. The van der Waals surface area contributed by atoms with Crippen molar-refractivity contribution in [2.24, 2.45) is 5.92 Å². The van der Waals surface area contributed by atoms with Crippen LogP contribution in [0, 0.1) is 5.92 Å². The van der Waals surface area contributed by atoms with E-state index in [0.717, 1.165) is 32.5 Å². The summed E-state index contributed by atoms with van der Waals surface area (Å²) in [5, 5.41) is 3.76. The smallest absolute Gasteiger partial charge is 0.257 e. The summed E-state index contributed by atoms with van der Waals surface area (Å²) < 4.78 is 5.77. The third kappa shape index (κ3) is 4.37. The highest BCUT2D eigenvalue weighted by molar-refractivity contribution is 6.31. The number of carbonyl (C=O) groups excluding carboxylic acids is 1. The Hall–Kier alpha value is -1.26. The van der Waals surface area contributed by atoms with Gasteiger partial charge >= 0.3 is 0 Å². The molecule has 122 valence electrons. The van der Waals surface area contributed by atoms with Gasteiger partial charge in [0.1, 0.15) is 5.75 Å². The molecule has 22 heavy (non-hydrogen) atoms. The number of hydrogen-bond acceptors (Lipinski definition) is 3. The topological polar surface area (TPSA) is 41.6 Å². The van der Waals surface area contributed by atoms with E-state index in [2.05, 4.69) is 5.32 Å². The zero-order valence-electron chi connectivity index (χ0n) is 13.6. The Balaban J connectivity index is 2.19. The molecule has 0 aliphatic carbocycles. The molecule has 1 atom stereocenters. The monoisotopic (exact) mass is 324 g/mol. The van der Waals surface area contributed by atoms with Gasteiger partial charge < -0.3 is 15.0 Å². The first kappa shape index (κ1) is 17.1. The Morgan fingerprint density at radius 2 is 2.27 bits per heavy atom. The quantitative estimate of drug-likeness (QED) is 0.904. The van der Waals surface area contributed by atoms with Crippen molar-refractivity contribution in [1.29, 1.82) is 0 Å². The van der Waals surface area contributed by atoms with Gasteiger partial charge in [-0.15, -0.1) is 0 Å². The van der Waals surface area contributed by atoms with Gasteiger partial charge in [-0.3, -0.25) is 4.79 Å². The van der Waals surface area contributed by atoms with Crippen LogP contribution < -0.4 is 10.1 Å². The normalized spacial score (nSPS) is 18.6. The molecular weight excluding hydrogens is 300 g/mol. The second-order valence-corrected chi connectivity index (χ2v) is 6.56. The second kappa shape index (κ2) is 7.84. The van der Waals surface area contributed by atoms with E-state index in [9.17, 15) is 4.79 Å². The van der Waals surface area contributed by atoms with Crippen molar-refractivity contribution >= 4 is 17.5 Å². The van der Waals surface area contributed by atoms with Crippen molar-refractivity contribution in [3.05, 3.63) is 28.8 Å². The van der Waals surface area contributed by atoms with Gasteiger partial charge in [-0.1, -0.05) is 11.6 Å². The fourth-order valence-corrected chi connectivity index (χ4v) is 3.07. The number of piperidine rings is 1. The highest BCUT2D eigenvalue weighted by atomic mass is 35.5. The summed E-state index contributed by atoms with van der Waals surface area (Å²) in [6, 6.07) is 5.25. The molecule has 1 aliphatic heterocycles. The van der Waals surface area contributed by atoms with Crippen molar-refractivity contribution in [3.8, 4) is 5.75 Å². The summed E-state index contributed by atoms with van der Waals surface area (Å²) in [4.78, 5) is 14.8. The van der Waals surface area contributed by atoms with E-state index < -0.39 is 0 Å². The number of rotatable bonds is 5. The van der Waals surface area contributed by atoms with Crippen LogP contribution in [0.5, 0.6) is 5.75 Å². The van der Waals surface area contributed by atoms with Gasteiger partial charge in [0.15, 0.2) is 0 Å². The number of amides is 1. The Morgan fingerprint density at radius 1 is 1.50 bits per heavy atom. The summed E-state index contributed by atoms with van der Waals surface area (Å²) in [6.45, 7) is 6.42. The van der Waals surface area contributed by atoms with E-state index >= 15 is 0 Å². The molecule has 1 N–H and O–H groups in total. The molecule has 1 fully saturated rings. The Kier molecular flexibility index (Phi) is 6.09. The summed E-state index contributed by atoms with van der Waals surface area (Å²) in [5.74, 6) is 1.13. The van der Waals surface area contributed by atoms with Crippen molar-refractivity contribution in [2.45, 2.75) is 32.8 Å². The maximum absolute atomic E-state index is 12.9. The number of nitrogens with zero attached hydrogens (tertiary/aromatic N) is 1. The largest absolute Gasteiger partial charge is 0.490 e. The average Bonchev–Trinajstić information content (AvgIpc) is 2.48. The van der Waals surface area contributed by atoms with Gasteiger partial charge in [0.25, 0.3) is 5.91 Å². The minimum atomic E-state index is 0.0129. The van der Waals surface area contributed by atoms with Gasteiger partial charge in [-0.2, -0.15) is 0 Å². The predicted molar refractivity (Wildman–Crippen MR) is 89.8 cm³/mol. The second-order valence-electron chi connectivity index (χ2n) is 6.12. The molecule has 0 bridgehead atoms. The molecule has 4 nitrogen and oxygen atoms in total. The number of carbonyl (C=O) groups is 1. The molecule has 0 radical (unpaired) electrons. The first-order chi connectivity index (χ1) is 10.5. The predicted octanol–water partition coefficient (Wildman–Crippen LogP) is 3.20. The van der Waals surface area contributed by atoms with Crippen LogP contribution in [-0.2, 0) is 0 Å². The average molecular weight is 325 g/mol. The lowest BCUT2D eigenvalue weighted by molar-refractivity contribution is 0.0668. The van der Waals surface area contributed by atoms with E-state index in [1.165, 1.54) is 0 Å². The third-order valence-electron chi connectivity index (χ3n) is 3.83. The van der Waals surface area contributed by atoms with Crippen molar-refractivity contribution in [3.63, 3.8) is 0 Å². The lowest BCUT2D eigenvalue weighted by Crippen LogP contribution is -2.42. The van der Waals surface area contributed by atoms with Crippen LogP contribution >= 0.6 is 11.6 Å². The highest BCUT2D eigenvalue weighted by Gasteiger charge is 2.26. The van der Waals surface area contributed by atoms with Crippen LogP contribution in [0.4, 0.5) is 0 Å². The molecule has 1 aromatic carbocycles. The first-order valence-electron chi connectivity index (χ1n) is 7.91. The molecule has 1 aliphatic rings. The summed E-state index contributed by atoms with van der Waals surface area (Å²) >= 11 is 6.08. The highest BCUT2D eigenvalue weighted by Crippen LogP contribution is 2.27. The zero-order valence-corrected chi connectivity index (χ0v) is 14.3. The molecule has 0 aromatic heterocycles. The maximum atomic E-state index is 12.9. The van der Waals surface area contributed by atoms with Crippen LogP contribution in [0.1, 0.15) is 37.0 Å². The fraction of sp³-hybridized carbons (Fsp3) is 0.588. The van der Waals surface area contributed by atoms with Gasteiger partial charge in [0.2, 0.25) is 0 Å². The molecule has 1 saturated heterocycles. The number of halogens is 1. The third-order valence-corrected chi connectivity index (χ3v) is 4.07. The summed E-state index contributed by atoms with van der Waals surface area (Å²) in [6.07, 6.45) is 2.22. The molecule has 1 heterocycles. The Labute approximate surface area is 137 Å². The van der Waals surface area contributed by atoms with E-state index in [-0.39, 0.29) is 12.0 Å². The van der Waals surface area contributed by atoms with Crippen molar-refractivity contribution in [2.75, 3.05) is 26.7 Å². The number of nitrogens with one attached hydrogen (secondary N) is 1. The van der Waals surface area contributed by atoms with Gasteiger partial charge in [0, 0.05) is 18.1 Å². The molecular formula is C17H25ClN2O2. The van der Waals surface area contributed by atoms with Crippen LogP contribution in [0.3, 0.4) is 0 Å². The van der Waals surface area contributed by atoms with E-state index in [1.807, 2.05) is 25.8 Å². The molecule has 1 aromatic rings. The maximum Gasteiger partial charge on any atom is 0.257 e. The fourth-order valence-electron chi connectivity index (χ4n) is 2.90. The van der Waals surface area contributed by atoms with Crippen LogP contribution in [0.25, 0.3) is 0 Å². The molecule has 1 amide bonds. The van der Waals surface area contributed by atoms with Crippen molar-refractivity contribution in [1.82, 2.24) is 10.2 Å². The molecule has 0 spiro atoms. The summed E-state index contributed by atoms with van der Waals surface area (Å²) in [5.41, 5.74) is 0.561. The molecule has 5 heteroatoms. The lowest BCUT2D eigenvalue weighted by Gasteiger charge is -2.33. The molecule has 2 rings (SSSR count). The van der Waals surface area contributed by atoms with E-state index in [1.54, 1.807) is 18.2 Å². The Bertz CT molecular complexity index is 517. The van der Waals surface area contributed by atoms with E-state index in [0.29, 0.717) is 22.3 Å². The number of likely N-dealkylation sites (tertiary alicyclic amines) is 1. The minimum Gasteiger partial charge on any atom is -0.490 e. The SMILES string of the molecule is CNC[C@H]1CCCN(C(=O)c2cc(Cl)ccc2OC(C)C)C1. The van der Waals surface area contributed by atoms with E-state index in [4.69, 9.17) is 16.3 Å². The van der Waals surface area contributed by atoms with Crippen LogP contribution in [0.2, 0.25) is 5.02 Å². The zero-order chi connectivity index (χ0) is 16.1. The standard InChI is InChI=1S/C17H25ClN2O2/c1-12(2)22-16-7-6-14(18)9-15(16)17(21)20-8-4-5-13(11-20)10-19-3/h6-7,9,12-13,19H,4-5,8,10-11H2,1-3H3/t13-/m1/s1. The lowest BCUT2D eigenvalue weighted by atomic mass is 9.97. The summed E-state index contributed by atoms with van der Waals surface area (Å²) in [7, 11) is 1.95. The van der Waals surface area contributed by atoms with Crippen molar-refractivity contribution < 1.29 is 9.53 Å². The number of hydrogen-bond donors (Lipinski definition) is 1. The van der Waals surface area contributed by atoms with Gasteiger partial charge in [-0.05, 0) is 64.4 Å². The number of benzene rings is 1. The molecule has 0 unspecified atom stereocenters. The van der Waals surface area contributed by atoms with Gasteiger partial charge in [0.05, 0.1) is 11.7 Å². The Morgan fingerprint density at radius 3 is 2.95 bits per heavy atom. The first-order valence-corrected chi connectivity index (χ1v) is 8.29.